The maximum atomic E-state index is 12.7. The van der Waals surface area contributed by atoms with Crippen molar-refractivity contribution in [1.29, 1.82) is 0 Å². The quantitative estimate of drug-likeness (QED) is 0.620. The molecular weight excluding hydrogens is 149 g/mol. The number of aromatic amines is 1. The zero-order chi connectivity index (χ0) is 8.72. The number of halogens is 1. The monoisotopic (exact) mass is 154 g/mol. The fourth-order valence-corrected chi connectivity index (χ4v) is 0.857. The highest BCUT2D eigenvalue weighted by atomic mass is 19.1. The Kier molecular flexibility index (Phi) is 0.908. The average molecular weight is 154 g/mol. The molecule has 0 unspecified atom stereocenters. The number of oxazole rings is 1. The zero-order valence-corrected chi connectivity index (χ0v) is 5.35. The highest BCUT2D eigenvalue weighted by molar-refractivity contribution is 5.71. The van der Waals surface area contributed by atoms with Crippen LogP contribution in [0.1, 0.15) is 1.37 Å². The van der Waals surface area contributed by atoms with Crippen molar-refractivity contribution in [3.63, 3.8) is 0 Å². The normalized spacial score (nSPS) is 11.9. The number of H-pyrrole nitrogens is 1. The van der Waals surface area contributed by atoms with Crippen LogP contribution in [0.5, 0.6) is 0 Å². The molecule has 56 valence electrons. The maximum Gasteiger partial charge on any atom is 0.417 e. The van der Waals surface area contributed by atoms with Crippen LogP contribution in [0.4, 0.5) is 4.39 Å². The number of rotatable bonds is 0. The molecule has 11 heavy (non-hydrogen) atoms. The molecule has 4 heteroatoms. The summed E-state index contributed by atoms with van der Waals surface area (Å²) in [5, 5.41) is 0. The van der Waals surface area contributed by atoms with E-state index in [-0.39, 0.29) is 5.58 Å². The van der Waals surface area contributed by atoms with E-state index in [9.17, 15) is 9.18 Å². The van der Waals surface area contributed by atoms with Gasteiger partial charge in [-0.25, -0.2) is 9.18 Å². The fraction of sp³-hybridized carbons (Fsp3) is 0. The van der Waals surface area contributed by atoms with Crippen LogP contribution < -0.4 is 5.76 Å². The number of benzene rings is 1. The predicted molar refractivity (Wildman–Crippen MR) is 36.8 cm³/mol. The Morgan fingerprint density at radius 1 is 1.64 bits per heavy atom. The van der Waals surface area contributed by atoms with E-state index in [1.165, 1.54) is 6.07 Å². The van der Waals surface area contributed by atoms with Crippen LogP contribution in [0.25, 0.3) is 11.1 Å². The molecule has 1 N–H and O–H groups in total. The molecule has 0 atom stereocenters. The van der Waals surface area contributed by atoms with Gasteiger partial charge >= 0.3 is 5.76 Å². The van der Waals surface area contributed by atoms with Gasteiger partial charge in [-0.3, -0.25) is 4.98 Å². The van der Waals surface area contributed by atoms with E-state index in [4.69, 9.17) is 1.37 Å². The topological polar surface area (TPSA) is 46.0 Å². The third kappa shape index (κ3) is 0.920. The molecule has 0 fully saturated rings. The molecule has 0 amide bonds. The molecule has 3 nitrogen and oxygen atoms in total. The highest BCUT2D eigenvalue weighted by Gasteiger charge is 2.00. The first kappa shape index (κ1) is 5.12. The Morgan fingerprint density at radius 2 is 2.45 bits per heavy atom. The van der Waals surface area contributed by atoms with Crippen LogP contribution in [0.15, 0.2) is 27.4 Å². The second-order valence-electron chi connectivity index (χ2n) is 2.06. The summed E-state index contributed by atoms with van der Waals surface area (Å²) in [6.45, 7) is 0. The first-order valence-corrected chi connectivity index (χ1v) is 2.96. The molecule has 0 bridgehead atoms. The number of hydrogen-bond donors (Lipinski definition) is 1. The zero-order valence-electron chi connectivity index (χ0n) is 6.35. The lowest BCUT2D eigenvalue weighted by atomic mass is 10.3. The summed E-state index contributed by atoms with van der Waals surface area (Å²) in [6.07, 6.45) is 0. The molecule has 0 saturated carbocycles. The van der Waals surface area contributed by atoms with E-state index in [0.29, 0.717) is 5.52 Å². The first-order valence-electron chi connectivity index (χ1n) is 3.46. The minimum absolute atomic E-state index is 0.0417. The maximum absolute atomic E-state index is 12.7. The van der Waals surface area contributed by atoms with Crippen molar-refractivity contribution in [2.75, 3.05) is 0 Å². The summed E-state index contributed by atoms with van der Waals surface area (Å²) in [4.78, 5) is 12.9. The highest BCUT2D eigenvalue weighted by Crippen LogP contribution is 2.10. The first-order chi connectivity index (χ1) is 5.68. The van der Waals surface area contributed by atoms with Crippen molar-refractivity contribution in [3.8, 4) is 0 Å². The van der Waals surface area contributed by atoms with Gasteiger partial charge in [0.25, 0.3) is 0 Å². The van der Waals surface area contributed by atoms with E-state index >= 15 is 0 Å². The van der Waals surface area contributed by atoms with Crippen molar-refractivity contribution >= 4 is 11.1 Å². The average Bonchev–Trinajstić information content (AvgIpc) is 2.39. The van der Waals surface area contributed by atoms with Crippen LogP contribution in [-0.2, 0) is 0 Å². The van der Waals surface area contributed by atoms with Gasteiger partial charge < -0.3 is 4.42 Å². The van der Waals surface area contributed by atoms with Gasteiger partial charge in [-0.2, -0.15) is 0 Å². The Hall–Kier alpha value is -1.58. The molecule has 1 aromatic carbocycles. The molecule has 0 saturated heterocycles. The van der Waals surface area contributed by atoms with Crippen LogP contribution in [0, 0.1) is 5.82 Å². The van der Waals surface area contributed by atoms with Crippen LogP contribution >= 0.6 is 0 Å². The van der Waals surface area contributed by atoms with Gasteiger partial charge in [0.05, 0.1) is 6.89 Å². The lowest BCUT2D eigenvalue weighted by Crippen LogP contribution is -1.92. The molecule has 2 rings (SSSR count). The predicted octanol–water partition coefficient (Wildman–Crippen LogP) is 1.26. The Bertz CT molecular complexity index is 488. The lowest BCUT2D eigenvalue weighted by molar-refractivity contribution is 0.550. The molecule has 1 aromatic heterocycles. The molecule has 0 spiro atoms. The van der Waals surface area contributed by atoms with Gasteiger partial charge in [0, 0.05) is 6.04 Å². The van der Waals surface area contributed by atoms with Crippen molar-refractivity contribution < 1.29 is 10.2 Å². The minimum Gasteiger partial charge on any atom is -0.408 e. The summed E-state index contributed by atoms with van der Waals surface area (Å²) in [5.74, 6) is -1.38. The summed E-state index contributed by atoms with van der Waals surface area (Å²) in [7, 11) is 0. The van der Waals surface area contributed by atoms with E-state index in [1.54, 1.807) is 0 Å². The molecule has 0 aliphatic rings. The standard InChI is InChI=1S/C7H4FNO2/c8-4-1-2-5-6(3-4)11-7(10)9-5/h1-3H,(H,9,10)/i3D. The van der Waals surface area contributed by atoms with E-state index in [2.05, 4.69) is 9.40 Å². The molecule has 0 aliphatic carbocycles. The SMILES string of the molecule is [2H]c1c(F)ccc2[nH]c(=O)oc12. The number of fused-ring (bicyclic) bond motifs is 1. The second kappa shape index (κ2) is 1.95. The van der Waals surface area contributed by atoms with Gasteiger partial charge in [-0.05, 0) is 12.1 Å². The van der Waals surface area contributed by atoms with Gasteiger partial charge in [0.1, 0.15) is 5.82 Å². The number of aromatic nitrogens is 1. The summed E-state index contributed by atoms with van der Waals surface area (Å²) < 4.78 is 24.4. The largest absolute Gasteiger partial charge is 0.417 e. The Morgan fingerprint density at radius 3 is 3.27 bits per heavy atom. The van der Waals surface area contributed by atoms with Gasteiger partial charge in [0.2, 0.25) is 0 Å². The molecular formula is C7H4FNO2. The summed E-state index contributed by atoms with van der Waals surface area (Å²) >= 11 is 0. The van der Waals surface area contributed by atoms with Crippen molar-refractivity contribution in [1.82, 2.24) is 4.98 Å². The van der Waals surface area contributed by atoms with Crippen LogP contribution in [0.3, 0.4) is 0 Å². The third-order valence-electron chi connectivity index (χ3n) is 1.31. The van der Waals surface area contributed by atoms with Gasteiger partial charge in [0.15, 0.2) is 5.58 Å². The van der Waals surface area contributed by atoms with E-state index in [1.807, 2.05) is 0 Å². The Labute approximate surface area is 61.9 Å². The van der Waals surface area contributed by atoms with E-state index in [0.717, 1.165) is 6.07 Å². The summed E-state index contributed by atoms with van der Waals surface area (Å²) in [6, 6.07) is 2.06. The lowest BCUT2D eigenvalue weighted by Gasteiger charge is -1.84. The van der Waals surface area contributed by atoms with E-state index < -0.39 is 17.6 Å². The molecule has 1 heterocycles. The smallest absolute Gasteiger partial charge is 0.408 e. The van der Waals surface area contributed by atoms with Crippen molar-refractivity contribution in [2.24, 2.45) is 0 Å². The number of hydrogen-bond acceptors (Lipinski definition) is 2. The van der Waals surface area contributed by atoms with Crippen molar-refractivity contribution in [2.45, 2.75) is 0 Å². The minimum atomic E-state index is -0.703. The Balaban J connectivity index is 2.99. The second-order valence-corrected chi connectivity index (χ2v) is 2.06. The fourth-order valence-electron chi connectivity index (χ4n) is 0.857. The van der Waals surface area contributed by atoms with Crippen LogP contribution in [-0.4, -0.2) is 4.98 Å². The van der Waals surface area contributed by atoms with Gasteiger partial charge in [-0.15, -0.1) is 0 Å². The number of nitrogens with one attached hydrogen (secondary N) is 1. The molecule has 0 radical (unpaired) electrons. The molecule has 0 aliphatic heterocycles. The van der Waals surface area contributed by atoms with Crippen LogP contribution in [0.2, 0.25) is 0 Å². The molecule has 2 aromatic rings. The van der Waals surface area contributed by atoms with Gasteiger partial charge in [-0.1, -0.05) is 0 Å². The van der Waals surface area contributed by atoms with Crippen molar-refractivity contribution in [3.05, 3.63) is 34.5 Å². The summed E-state index contributed by atoms with van der Waals surface area (Å²) in [5.41, 5.74) is 0.298. The third-order valence-corrected chi connectivity index (χ3v) is 1.31.